The summed E-state index contributed by atoms with van der Waals surface area (Å²) in [4.78, 5) is 6.26. The second-order valence-corrected chi connectivity index (χ2v) is 12.5. The fourth-order valence-electron chi connectivity index (χ4n) is 6.33. The Morgan fingerprint density at radius 1 is 0.854 bits per heavy atom. The summed E-state index contributed by atoms with van der Waals surface area (Å²) >= 11 is 1.74. The minimum absolute atomic E-state index is 0.305. The Morgan fingerprint density at radius 2 is 1.61 bits per heavy atom. The fourth-order valence-corrected chi connectivity index (χ4v) is 7.59. The number of piperidine rings is 1. The van der Waals surface area contributed by atoms with Crippen molar-refractivity contribution in [2.45, 2.75) is 51.5 Å². The summed E-state index contributed by atoms with van der Waals surface area (Å²) in [5.74, 6) is 2.16. The van der Waals surface area contributed by atoms with Gasteiger partial charge in [0.15, 0.2) is 0 Å². The molecule has 1 atom stereocenters. The lowest BCUT2D eigenvalue weighted by molar-refractivity contribution is 0.179. The number of likely N-dealkylation sites (N-methyl/N-ethyl adjacent to an activating group) is 1. The van der Waals surface area contributed by atoms with Crippen molar-refractivity contribution in [3.63, 3.8) is 0 Å². The largest absolute Gasteiger partial charge is 0.508 e. The molecule has 2 fully saturated rings. The van der Waals surface area contributed by atoms with Crippen LogP contribution in [0, 0.1) is 0 Å². The van der Waals surface area contributed by atoms with E-state index in [1.807, 2.05) is 6.07 Å². The van der Waals surface area contributed by atoms with Crippen molar-refractivity contribution in [3.05, 3.63) is 77.9 Å². The third-order valence-electron chi connectivity index (χ3n) is 8.67. The highest BCUT2D eigenvalue weighted by Gasteiger charge is 2.23. The predicted octanol–water partition coefficient (Wildman–Crippen LogP) is 7.59. The van der Waals surface area contributed by atoms with Crippen LogP contribution in [0.2, 0.25) is 0 Å². The molecule has 0 bridgehead atoms. The highest BCUT2D eigenvalue weighted by atomic mass is 32.1. The Balaban J connectivity index is 1.15. The van der Waals surface area contributed by atoms with E-state index in [1.54, 1.807) is 17.4 Å². The first-order valence-electron chi connectivity index (χ1n) is 15.3. The minimum atomic E-state index is 0.305. The zero-order valence-corrected chi connectivity index (χ0v) is 25.0. The van der Waals surface area contributed by atoms with E-state index in [1.165, 1.54) is 78.7 Å². The topological polar surface area (TPSA) is 45.2 Å². The number of fused-ring (bicyclic) bond motifs is 1. The van der Waals surface area contributed by atoms with Crippen molar-refractivity contribution < 1.29 is 14.6 Å². The van der Waals surface area contributed by atoms with E-state index in [0.717, 1.165) is 48.9 Å². The maximum absolute atomic E-state index is 10.2. The molecule has 0 amide bonds. The van der Waals surface area contributed by atoms with Crippen molar-refractivity contribution in [1.82, 2.24) is 9.80 Å². The van der Waals surface area contributed by atoms with Gasteiger partial charge in [-0.15, -0.1) is 11.3 Å². The van der Waals surface area contributed by atoms with E-state index in [9.17, 15) is 5.11 Å². The van der Waals surface area contributed by atoms with Gasteiger partial charge in [-0.2, -0.15) is 0 Å². The Bertz CT molecular complexity index is 1410. The second kappa shape index (κ2) is 13.3. The summed E-state index contributed by atoms with van der Waals surface area (Å²) in [7, 11) is 0. The van der Waals surface area contributed by atoms with Crippen LogP contribution in [0.1, 0.15) is 50.2 Å². The Hall–Kier alpha value is -3.06. The summed E-state index contributed by atoms with van der Waals surface area (Å²) in [5.41, 5.74) is 3.73. The molecule has 6 rings (SSSR count). The number of thiophene rings is 1. The van der Waals surface area contributed by atoms with Crippen LogP contribution in [0.5, 0.6) is 17.2 Å². The Labute approximate surface area is 248 Å². The molecule has 2 aliphatic rings. The molecule has 41 heavy (non-hydrogen) atoms. The number of rotatable bonds is 11. The molecule has 1 aromatic heterocycles. The fraction of sp³-hybridized carbons (Fsp3) is 0.429. The smallest absolute Gasteiger partial charge is 0.119 e. The average molecular weight is 571 g/mol. The standard InChI is InChI=1S/C35H42N2O3S/c1-2-37-20-6-7-28(37)25-40-31-13-8-26(9-14-31)23-33-32-17-12-29(38)24-34(32)41-35(33)27-10-15-30(16-11-27)39-22-21-36-18-4-3-5-19-36/h8-17,24,28,38H,2-7,18-23,25H2,1H3. The van der Waals surface area contributed by atoms with Crippen molar-refractivity contribution >= 4 is 21.4 Å². The maximum atomic E-state index is 10.2. The van der Waals surface area contributed by atoms with Gasteiger partial charge in [0.2, 0.25) is 0 Å². The zero-order valence-electron chi connectivity index (χ0n) is 24.2. The number of hydrogen-bond donors (Lipinski definition) is 1. The summed E-state index contributed by atoms with van der Waals surface area (Å²) < 4.78 is 13.4. The lowest BCUT2D eigenvalue weighted by atomic mass is 9.99. The quantitative estimate of drug-likeness (QED) is 0.201. The van der Waals surface area contributed by atoms with E-state index < -0.39 is 0 Å². The summed E-state index contributed by atoms with van der Waals surface area (Å²) in [6, 6.07) is 23.4. The number of hydrogen-bond acceptors (Lipinski definition) is 6. The monoisotopic (exact) mass is 570 g/mol. The number of nitrogens with zero attached hydrogens (tertiary/aromatic N) is 2. The molecule has 3 heterocycles. The lowest BCUT2D eigenvalue weighted by Gasteiger charge is -2.26. The molecule has 0 aliphatic carbocycles. The number of phenols is 1. The summed E-state index contributed by atoms with van der Waals surface area (Å²) in [5, 5.41) is 11.4. The van der Waals surface area contributed by atoms with E-state index in [4.69, 9.17) is 9.47 Å². The molecule has 1 N–H and O–H groups in total. The first kappa shape index (κ1) is 28.1. The predicted molar refractivity (Wildman–Crippen MR) is 170 cm³/mol. The van der Waals surface area contributed by atoms with Crippen LogP contribution in [0.25, 0.3) is 20.5 Å². The van der Waals surface area contributed by atoms with Gasteiger partial charge in [-0.1, -0.05) is 25.5 Å². The molecule has 3 aromatic carbocycles. The van der Waals surface area contributed by atoms with Gasteiger partial charge in [0.05, 0.1) is 0 Å². The van der Waals surface area contributed by atoms with Crippen molar-refractivity contribution in [2.75, 3.05) is 45.9 Å². The minimum Gasteiger partial charge on any atom is -0.508 e. The molecule has 6 heteroatoms. The molecule has 0 spiro atoms. The van der Waals surface area contributed by atoms with Crippen LogP contribution in [-0.2, 0) is 6.42 Å². The van der Waals surface area contributed by atoms with Crippen LogP contribution in [0.3, 0.4) is 0 Å². The number of aromatic hydroxyl groups is 1. The van der Waals surface area contributed by atoms with Crippen molar-refractivity contribution in [3.8, 4) is 27.7 Å². The Morgan fingerprint density at radius 3 is 2.39 bits per heavy atom. The summed E-state index contributed by atoms with van der Waals surface area (Å²) in [6.07, 6.45) is 7.28. The van der Waals surface area contributed by atoms with Crippen LogP contribution in [0.15, 0.2) is 66.7 Å². The van der Waals surface area contributed by atoms with Crippen LogP contribution < -0.4 is 9.47 Å². The molecule has 2 saturated heterocycles. The van der Waals surface area contributed by atoms with Crippen LogP contribution in [0.4, 0.5) is 0 Å². The molecule has 2 aliphatic heterocycles. The highest BCUT2D eigenvalue weighted by molar-refractivity contribution is 7.22. The van der Waals surface area contributed by atoms with E-state index in [-0.39, 0.29) is 0 Å². The van der Waals surface area contributed by atoms with E-state index >= 15 is 0 Å². The average Bonchev–Trinajstić information content (AvgIpc) is 3.61. The molecule has 216 valence electrons. The van der Waals surface area contributed by atoms with Gasteiger partial charge in [0.1, 0.15) is 30.5 Å². The van der Waals surface area contributed by atoms with Crippen LogP contribution in [-0.4, -0.2) is 66.9 Å². The second-order valence-electron chi connectivity index (χ2n) is 11.4. The highest BCUT2D eigenvalue weighted by Crippen LogP contribution is 2.41. The molecular formula is C35H42N2O3S. The Kier molecular flexibility index (Phi) is 9.10. The normalized spacial score (nSPS) is 18.2. The number of likely N-dealkylation sites (tertiary alicyclic amines) is 2. The third-order valence-corrected chi connectivity index (χ3v) is 9.91. The van der Waals surface area contributed by atoms with Crippen LogP contribution >= 0.6 is 11.3 Å². The van der Waals surface area contributed by atoms with Gasteiger partial charge >= 0.3 is 0 Å². The van der Waals surface area contributed by atoms with Gasteiger partial charge in [-0.05, 0) is 135 Å². The van der Waals surface area contributed by atoms with Gasteiger partial charge < -0.3 is 14.6 Å². The molecule has 5 nitrogen and oxygen atoms in total. The summed E-state index contributed by atoms with van der Waals surface area (Å²) in [6.45, 7) is 9.38. The van der Waals surface area contributed by atoms with E-state index in [2.05, 4.69) is 71.3 Å². The first-order chi connectivity index (χ1) is 20.2. The molecule has 0 saturated carbocycles. The maximum Gasteiger partial charge on any atom is 0.119 e. The molecule has 4 aromatic rings. The van der Waals surface area contributed by atoms with Crippen molar-refractivity contribution in [1.29, 1.82) is 0 Å². The first-order valence-corrected chi connectivity index (χ1v) is 16.1. The number of ether oxygens (including phenoxy) is 2. The van der Waals surface area contributed by atoms with Gasteiger partial charge in [-0.3, -0.25) is 9.80 Å². The number of phenolic OH excluding ortho intramolecular Hbond substituents is 1. The van der Waals surface area contributed by atoms with Crippen molar-refractivity contribution in [2.24, 2.45) is 0 Å². The van der Waals surface area contributed by atoms with Gasteiger partial charge in [0, 0.05) is 22.2 Å². The van der Waals surface area contributed by atoms with Gasteiger partial charge in [0.25, 0.3) is 0 Å². The van der Waals surface area contributed by atoms with E-state index in [0.29, 0.717) is 11.8 Å². The third kappa shape index (κ3) is 6.88. The molecule has 0 radical (unpaired) electrons. The number of benzene rings is 3. The van der Waals surface area contributed by atoms with Gasteiger partial charge in [-0.25, -0.2) is 0 Å². The SMILES string of the molecule is CCN1CCCC1COc1ccc(Cc2c(-c3ccc(OCCN4CCCCC4)cc3)sc3cc(O)ccc23)cc1. The molecule has 1 unspecified atom stereocenters. The zero-order chi connectivity index (χ0) is 28.0. The lowest BCUT2D eigenvalue weighted by Crippen LogP contribution is -2.33. The molecular weight excluding hydrogens is 528 g/mol.